The SMILES string of the molecule is FC(F)(F)c1ccc(Oc2ccc(-c3ccccc3)cc2)nc1. The number of halogens is 3. The van der Waals surface area contributed by atoms with Crippen LogP contribution in [0.3, 0.4) is 0 Å². The number of rotatable bonds is 3. The first kappa shape index (κ1) is 15.1. The van der Waals surface area contributed by atoms with E-state index in [-0.39, 0.29) is 5.88 Å². The molecular weight excluding hydrogens is 303 g/mol. The Hall–Kier alpha value is -2.82. The van der Waals surface area contributed by atoms with Gasteiger partial charge in [0.25, 0.3) is 0 Å². The van der Waals surface area contributed by atoms with Crippen LogP contribution in [-0.2, 0) is 6.18 Å². The summed E-state index contributed by atoms with van der Waals surface area (Å²) in [7, 11) is 0. The molecule has 0 radical (unpaired) electrons. The van der Waals surface area contributed by atoms with E-state index in [0.29, 0.717) is 5.75 Å². The summed E-state index contributed by atoms with van der Waals surface area (Å²) in [6.07, 6.45) is -3.64. The van der Waals surface area contributed by atoms with Gasteiger partial charge in [-0.15, -0.1) is 0 Å². The molecule has 0 unspecified atom stereocenters. The summed E-state index contributed by atoms with van der Waals surface area (Å²) >= 11 is 0. The maximum Gasteiger partial charge on any atom is 0.417 e. The van der Waals surface area contributed by atoms with E-state index in [4.69, 9.17) is 4.74 Å². The van der Waals surface area contributed by atoms with Gasteiger partial charge in [-0.05, 0) is 29.3 Å². The lowest BCUT2D eigenvalue weighted by Gasteiger charge is -2.08. The molecule has 0 aliphatic carbocycles. The molecule has 3 rings (SSSR count). The van der Waals surface area contributed by atoms with E-state index in [1.54, 1.807) is 12.1 Å². The minimum Gasteiger partial charge on any atom is -0.439 e. The zero-order chi connectivity index (χ0) is 16.3. The van der Waals surface area contributed by atoms with Gasteiger partial charge in [-0.3, -0.25) is 0 Å². The monoisotopic (exact) mass is 315 g/mol. The summed E-state index contributed by atoms with van der Waals surface area (Å²) in [5.74, 6) is 0.627. The third-order valence-corrected chi connectivity index (χ3v) is 3.25. The van der Waals surface area contributed by atoms with E-state index in [2.05, 4.69) is 4.98 Å². The average molecular weight is 315 g/mol. The predicted octanol–water partition coefficient (Wildman–Crippen LogP) is 5.56. The van der Waals surface area contributed by atoms with Crippen molar-refractivity contribution in [3.05, 3.63) is 78.5 Å². The van der Waals surface area contributed by atoms with Crippen molar-refractivity contribution in [2.75, 3.05) is 0 Å². The van der Waals surface area contributed by atoms with Crippen LogP contribution in [0.15, 0.2) is 72.9 Å². The first-order valence-corrected chi connectivity index (χ1v) is 6.89. The van der Waals surface area contributed by atoms with Gasteiger partial charge in [0, 0.05) is 12.3 Å². The van der Waals surface area contributed by atoms with Crippen LogP contribution in [0.25, 0.3) is 11.1 Å². The molecule has 0 bridgehead atoms. The van der Waals surface area contributed by atoms with Gasteiger partial charge in [0.05, 0.1) is 5.56 Å². The first-order valence-electron chi connectivity index (χ1n) is 6.89. The first-order chi connectivity index (χ1) is 11.0. The Morgan fingerprint density at radius 3 is 1.96 bits per heavy atom. The fraction of sp³-hybridized carbons (Fsp3) is 0.0556. The molecule has 0 aliphatic heterocycles. The Labute approximate surface area is 131 Å². The van der Waals surface area contributed by atoms with Crippen molar-refractivity contribution >= 4 is 0 Å². The van der Waals surface area contributed by atoms with Gasteiger partial charge in [-0.2, -0.15) is 13.2 Å². The lowest BCUT2D eigenvalue weighted by Crippen LogP contribution is -2.05. The summed E-state index contributed by atoms with van der Waals surface area (Å²) in [6.45, 7) is 0. The van der Waals surface area contributed by atoms with Crippen molar-refractivity contribution in [3.63, 3.8) is 0 Å². The number of alkyl halides is 3. The van der Waals surface area contributed by atoms with Crippen LogP contribution in [0.4, 0.5) is 13.2 Å². The van der Waals surface area contributed by atoms with E-state index >= 15 is 0 Å². The molecule has 2 aromatic carbocycles. The standard InChI is InChI=1S/C18H12F3NO/c19-18(20,21)15-8-11-17(22-12-15)23-16-9-6-14(7-10-16)13-4-2-1-3-5-13/h1-12H. The highest BCUT2D eigenvalue weighted by Gasteiger charge is 2.30. The number of hydrogen-bond acceptors (Lipinski definition) is 2. The van der Waals surface area contributed by atoms with Gasteiger partial charge in [-0.1, -0.05) is 42.5 Å². The van der Waals surface area contributed by atoms with Gasteiger partial charge in [0.15, 0.2) is 0 Å². The summed E-state index contributed by atoms with van der Waals surface area (Å²) < 4.78 is 42.9. The van der Waals surface area contributed by atoms with E-state index in [1.165, 1.54) is 6.07 Å². The molecule has 0 fully saturated rings. The van der Waals surface area contributed by atoms with Gasteiger partial charge in [-0.25, -0.2) is 4.98 Å². The molecule has 2 nitrogen and oxygen atoms in total. The molecule has 0 atom stereocenters. The molecule has 116 valence electrons. The Bertz CT molecular complexity index is 766. The zero-order valence-corrected chi connectivity index (χ0v) is 11.9. The van der Waals surface area contributed by atoms with Crippen LogP contribution in [0, 0.1) is 0 Å². The highest BCUT2D eigenvalue weighted by atomic mass is 19.4. The number of hydrogen-bond donors (Lipinski definition) is 0. The summed E-state index contributed by atoms with van der Waals surface area (Å²) in [6, 6.07) is 19.2. The largest absolute Gasteiger partial charge is 0.439 e. The quantitative estimate of drug-likeness (QED) is 0.631. The topological polar surface area (TPSA) is 22.1 Å². The second-order valence-electron chi connectivity index (χ2n) is 4.88. The lowest BCUT2D eigenvalue weighted by atomic mass is 10.1. The van der Waals surface area contributed by atoms with Crippen molar-refractivity contribution < 1.29 is 17.9 Å². The molecule has 0 N–H and O–H groups in total. The lowest BCUT2D eigenvalue weighted by molar-refractivity contribution is -0.137. The Balaban J connectivity index is 1.74. The Kier molecular flexibility index (Phi) is 4.02. The van der Waals surface area contributed by atoms with Crippen molar-refractivity contribution in [1.29, 1.82) is 0 Å². The van der Waals surface area contributed by atoms with Gasteiger partial charge in [0.1, 0.15) is 5.75 Å². The molecule has 0 spiro atoms. The number of pyridine rings is 1. The molecule has 1 heterocycles. The Morgan fingerprint density at radius 1 is 0.739 bits per heavy atom. The maximum absolute atomic E-state index is 12.5. The van der Waals surface area contributed by atoms with Crippen LogP contribution in [0.5, 0.6) is 11.6 Å². The van der Waals surface area contributed by atoms with Crippen molar-refractivity contribution in [3.8, 4) is 22.8 Å². The molecule has 0 saturated heterocycles. The normalized spacial score (nSPS) is 11.3. The fourth-order valence-corrected chi connectivity index (χ4v) is 2.08. The van der Waals surface area contributed by atoms with Crippen LogP contribution in [-0.4, -0.2) is 4.98 Å². The minimum absolute atomic E-state index is 0.116. The predicted molar refractivity (Wildman–Crippen MR) is 81.2 cm³/mol. The third-order valence-electron chi connectivity index (χ3n) is 3.25. The van der Waals surface area contributed by atoms with Crippen molar-refractivity contribution in [1.82, 2.24) is 4.98 Å². The Morgan fingerprint density at radius 2 is 1.39 bits per heavy atom. The van der Waals surface area contributed by atoms with Crippen molar-refractivity contribution in [2.45, 2.75) is 6.18 Å². The average Bonchev–Trinajstić information content (AvgIpc) is 2.56. The zero-order valence-electron chi connectivity index (χ0n) is 11.9. The van der Waals surface area contributed by atoms with E-state index < -0.39 is 11.7 Å². The highest BCUT2D eigenvalue weighted by molar-refractivity contribution is 5.63. The number of benzene rings is 2. The minimum atomic E-state index is -4.40. The smallest absolute Gasteiger partial charge is 0.417 e. The molecule has 23 heavy (non-hydrogen) atoms. The fourth-order valence-electron chi connectivity index (χ4n) is 2.08. The molecule has 3 aromatic rings. The molecule has 0 saturated carbocycles. The van der Waals surface area contributed by atoms with Crippen molar-refractivity contribution in [2.24, 2.45) is 0 Å². The highest BCUT2D eigenvalue weighted by Crippen LogP contribution is 2.30. The number of nitrogens with zero attached hydrogens (tertiary/aromatic N) is 1. The second-order valence-corrected chi connectivity index (χ2v) is 4.88. The van der Waals surface area contributed by atoms with E-state index in [9.17, 15) is 13.2 Å². The summed E-state index contributed by atoms with van der Waals surface area (Å²) in [5, 5.41) is 0. The van der Waals surface area contributed by atoms with E-state index in [0.717, 1.165) is 23.4 Å². The van der Waals surface area contributed by atoms with Gasteiger partial charge in [0.2, 0.25) is 5.88 Å². The van der Waals surface area contributed by atoms with Gasteiger partial charge < -0.3 is 4.74 Å². The number of aromatic nitrogens is 1. The van der Waals surface area contributed by atoms with E-state index in [1.807, 2.05) is 42.5 Å². The molecule has 0 amide bonds. The summed E-state index contributed by atoms with van der Waals surface area (Å²) in [4.78, 5) is 3.68. The van der Waals surface area contributed by atoms with Crippen LogP contribution < -0.4 is 4.74 Å². The second kappa shape index (κ2) is 6.12. The van der Waals surface area contributed by atoms with Gasteiger partial charge >= 0.3 is 6.18 Å². The molecule has 1 aromatic heterocycles. The molecule has 5 heteroatoms. The third kappa shape index (κ3) is 3.69. The maximum atomic E-state index is 12.5. The van der Waals surface area contributed by atoms with Crippen LogP contribution in [0.1, 0.15) is 5.56 Å². The van der Waals surface area contributed by atoms with Crippen LogP contribution in [0.2, 0.25) is 0 Å². The number of ether oxygens (including phenoxy) is 1. The van der Waals surface area contributed by atoms with Crippen LogP contribution >= 0.6 is 0 Å². The molecule has 0 aliphatic rings. The summed E-state index contributed by atoms with van der Waals surface area (Å²) in [5.41, 5.74) is 1.30. The molecular formula is C18H12F3NO.